The smallest absolute Gasteiger partial charge is 0.340 e. The molecular formula is C20H25NO7. The third-order valence-corrected chi connectivity index (χ3v) is 4.52. The van der Waals surface area contributed by atoms with Crippen molar-refractivity contribution < 1.29 is 28.6 Å². The molecule has 0 radical (unpaired) electrons. The van der Waals surface area contributed by atoms with Crippen LogP contribution in [0.1, 0.15) is 36.8 Å². The normalized spacial score (nSPS) is 10.7. The summed E-state index contributed by atoms with van der Waals surface area (Å²) < 4.78 is 15.9. The van der Waals surface area contributed by atoms with Gasteiger partial charge >= 0.3 is 11.6 Å². The molecule has 0 saturated heterocycles. The van der Waals surface area contributed by atoms with E-state index in [4.69, 9.17) is 19.0 Å². The van der Waals surface area contributed by atoms with Crippen molar-refractivity contribution in [1.29, 1.82) is 0 Å². The Morgan fingerprint density at radius 1 is 1.11 bits per heavy atom. The van der Waals surface area contributed by atoms with Gasteiger partial charge in [0.2, 0.25) is 5.91 Å². The number of methoxy groups -OCH3 is 2. The number of ether oxygens (including phenoxy) is 2. The van der Waals surface area contributed by atoms with E-state index < -0.39 is 11.6 Å². The summed E-state index contributed by atoms with van der Waals surface area (Å²) in [7, 11) is 3.01. The molecule has 1 aromatic heterocycles. The van der Waals surface area contributed by atoms with Gasteiger partial charge < -0.3 is 24.3 Å². The lowest BCUT2D eigenvalue weighted by Crippen LogP contribution is -2.28. The molecule has 0 saturated carbocycles. The summed E-state index contributed by atoms with van der Waals surface area (Å²) in [5.41, 5.74) is 0.753. The van der Waals surface area contributed by atoms with Gasteiger partial charge in [0.05, 0.1) is 26.2 Å². The highest BCUT2D eigenvalue weighted by Gasteiger charge is 2.17. The third-order valence-electron chi connectivity index (χ3n) is 4.52. The highest BCUT2D eigenvalue weighted by atomic mass is 16.5. The Morgan fingerprint density at radius 3 is 2.43 bits per heavy atom. The number of aryl methyl sites for hydroxylation is 1. The lowest BCUT2D eigenvalue weighted by Gasteiger charge is -2.12. The molecule has 152 valence electrons. The van der Waals surface area contributed by atoms with Crippen molar-refractivity contribution in [1.82, 2.24) is 5.32 Å². The minimum absolute atomic E-state index is 0.0897. The van der Waals surface area contributed by atoms with Gasteiger partial charge in [-0.1, -0.05) is 6.42 Å². The van der Waals surface area contributed by atoms with Crippen molar-refractivity contribution in [2.75, 3.05) is 20.8 Å². The van der Waals surface area contributed by atoms with E-state index in [-0.39, 0.29) is 18.7 Å². The molecule has 0 unspecified atom stereocenters. The van der Waals surface area contributed by atoms with Crippen LogP contribution in [0.5, 0.6) is 11.5 Å². The summed E-state index contributed by atoms with van der Waals surface area (Å²) in [6.07, 6.45) is 2.00. The molecule has 0 aliphatic rings. The van der Waals surface area contributed by atoms with Gasteiger partial charge in [0.25, 0.3) is 0 Å². The number of carbonyl (C=O) groups excluding carboxylic acids is 1. The molecule has 28 heavy (non-hydrogen) atoms. The van der Waals surface area contributed by atoms with Crippen LogP contribution in [0.4, 0.5) is 0 Å². The highest BCUT2D eigenvalue weighted by molar-refractivity contribution is 5.86. The summed E-state index contributed by atoms with van der Waals surface area (Å²) in [5.74, 6) is -0.153. The zero-order valence-electron chi connectivity index (χ0n) is 16.3. The molecular weight excluding hydrogens is 366 g/mol. The van der Waals surface area contributed by atoms with Crippen LogP contribution < -0.4 is 20.4 Å². The maximum Gasteiger partial charge on any atom is 0.340 e. The summed E-state index contributed by atoms with van der Waals surface area (Å²) in [6.45, 7) is 2.20. The predicted octanol–water partition coefficient (Wildman–Crippen LogP) is 2.42. The first kappa shape index (κ1) is 21.3. The number of fused-ring (bicyclic) bond motifs is 1. The number of unbranched alkanes of at least 4 members (excludes halogenated alkanes) is 2. The second kappa shape index (κ2) is 9.77. The molecule has 1 heterocycles. The standard InChI is InChI=1S/C20H25NO7/c1-12-13-9-16(26-2)17(27-3)11-15(13)28-20(25)14(12)10-18(22)21-8-6-4-5-7-19(23)24/h9,11H,4-8,10H2,1-3H3,(H,21,22)(H,23,24). The maximum atomic E-state index is 12.3. The van der Waals surface area contributed by atoms with Crippen LogP contribution in [-0.2, 0) is 16.0 Å². The number of benzene rings is 1. The fourth-order valence-corrected chi connectivity index (χ4v) is 2.95. The van der Waals surface area contributed by atoms with Gasteiger partial charge in [-0.15, -0.1) is 0 Å². The topological polar surface area (TPSA) is 115 Å². The van der Waals surface area contributed by atoms with Gasteiger partial charge in [0, 0.05) is 24.4 Å². The van der Waals surface area contributed by atoms with Gasteiger partial charge in [0.15, 0.2) is 11.5 Å². The SMILES string of the molecule is COc1cc2oc(=O)c(CC(=O)NCCCCCC(=O)O)c(C)c2cc1OC. The lowest BCUT2D eigenvalue weighted by molar-refractivity contribution is -0.137. The second-order valence-electron chi connectivity index (χ2n) is 6.43. The van der Waals surface area contributed by atoms with Crippen LogP contribution in [0.2, 0.25) is 0 Å². The van der Waals surface area contributed by atoms with E-state index in [9.17, 15) is 14.4 Å². The summed E-state index contributed by atoms with van der Waals surface area (Å²) in [4.78, 5) is 35.0. The van der Waals surface area contributed by atoms with Crippen molar-refractivity contribution >= 4 is 22.8 Å². The first-order valence-corrected chi connectivity index (χ1v) is 9.04. The quantitative estimate of drug-likeness (QED) is 0.472. The number of carboxylic acids is 1. The number of rotatable bonds is 10. The second-order valence-corrected chi connectivity index (χ2v) is 6.43. The Labute approximate surface area is 162 Å². The summed E-state index contributed by atoms with van der Waals surface area (Å²) in [6, 6.07) is 3.31. The molecule has 2 N–H and O–H groups in total. The molecule has 0 spiro atoms. The first-order valence-electron chi connectivity index (χ1n) is 9.04. The zero-order chi connectivity index (χ0) is 20.7. The third kappa shape index (κ3) is 5.25. The fourth-order valence-electron chi connectivity index (χ4n) is 2.95. The van der Waals surface area contributed by atoms with Gasteiger partial charge in [-0.3, -0.25) is 9.59 Å². The number of amides is 1. The molecule has 0 fully saturated rings. The lowest BCUT2D eigenvalue weighted by atomic mass is 10.0. The van der Waals surface area contributed by atoms with E-state index in [0.717, 1.165) is 0 Å². The van der Waals surface area contributed by atoms with Crippen LogP contribution >= 0.6 is 0 Å². The molecule has 0 aliphatic heterocycles. The predicted molar refractivity (Wildman–Crippen MR) is 103 cm³/mol. The van der Waals surface area contributed by atoms with Crippen LogP contribution in [0.3, 0.4) is 0 Å². The molecule has 2 rings (SSSR count). The monoisotopic (exact) mass is 391 g/mol. The van der Waals surface area contributed by atoms with Gasteiger partial charge in [-0.25, -0.2) is 4.79 Å². The molecule has 1 aromatic carbocycles. The fraction of sp³-hybridized carbons (Fsp3) is 0.450. The van der Waals surface area contributed by atoms with Crippen molar-refractivity contribution in [3.05, 3.63) is 33.7 Å². The molecule has 0 aliphatic carbocycles. The Balaban J connectivity index is 2.09. The number of hydrogen-bond donors (Lipinski definition) is 2. The van der Waals surface area contributed by atoms with Crippen LogP contribution in [-0.4, -0.2) is 37.7 Å². The molecule has 8 heteroatoms. The van der Waals surface area contributed by atoms with Crippen molar-refractivity contribution in [3.8, 4) is 11.5 Å². The minimum atomic E-state index is -0.822. The number of nitrogens with one attached hydrogen (secondary N) is 1. The molecule has 8 nitrogen and oxygen atoms in total. The number of carboxylic acid groups (broad SMARTS) is 1. The Bertz CT molecular complexity index is 917. The molecule has 0 bridgehead atoms. The van der Waals surface area contributed by atoms with E-state index in [2.05, 4.69) is 5.32 Å². The van der Waals surface area contributed by atoms with E-state index in [0.29, 0.717) is 59.4 Å². The van der Waals surface area contributed by atoms with Crippen molar-refractivity contribution in [3.63, 3.8) is 0 Å². The van der Waals surface area contributed by atoms with Crippen molar-refractivity contribution in [2.45, 2.75) is 39.0 Å². The van der Waals surface area contributed by atoms with E-state index in [1.165, 1.54) is 14.2 Å². The molecule has 1 amide bonds. The largest absolute Gasteiger partial charge is 0.493 e. The first-order chi connectivity index (χ1) is 13.4. The summed E-state index contributed by atoms with van der Waals surface area (Å²) in [5, 5.41) is 12.0. The Morgan fingerprint density at radius 2 is 1.79 bits per heavy atom. The Kier molecular flexibility index (Phi) is 7.43. The molecule has 0 atom stereocenters. The van der Waals surface area contributed by atoms with E-state index in [1.807, 2.05) is 0 Å². The number of aliphatic carboxylic acids is 1. The van der Waals surface area contributed by atoms with Crippen LogP contribution in [0.25, 0.3) is 11.0 Å². The number of carbonyl (C=O) groups is 2. The zero-order valence-corrected chi connectivity index (χ0v) is 16.3. The highest BCUT2D eigenvalue weighted by Crippen LogP contribution is 2.33. The van der Waals surface area contributed by atoms with E-state index in [1.54, 1.807) is 19.1 Å². The Hall–Kier alpha value is -3.03. The number of hydrogen-bond acceptors (Lipinski definition) is 6. The van der Waals surface area contributed by atoms with Crippen molar-refractivity contribution in [2.24, 2.45) is 0 Å². The van der Waals surface area contributed by atoms with Gasteiger partial charge in [0.1, 0.15) is 5.58 Å². The van der Waals surface area contributed by atoms with Crippen LogP contribution in [0.15, 0.2) is 21.3 Å². The summed E-state index contributed by atoms with van der Waals surface area (Å²) >= 11 is 0. The molecule has 2 aromatic rings. The average Bonchev–Trinajstić information content (AvgIpc) is 2.66. The van der Waals surface area contributed by atoms with Crippen LogP contribution in [0, 0.1) is 6.92 Å². The average molecular weight is 391 g/mol. The van der Waals surface area contributed by atoms with Gasteiger partial charge in [-0.2, -0.15) is 0 Å². The van der Waals surface area contributed by atoms with Gasteiger partial charge in [-0.05, 0) is 31.4 Å². The maximum absolute atomic E-state index is 12.3. The van der Waals surface area contributed by atoms with E-state index >= 15 is 0 Å². The minimum Gasteiger partial charge on any atom is -0.493 e.